The lowest BCUT2D eigenvalue weighted by Gasteiger charge is -2.27. The van der Waals surface area contributed by atoms with E-state index in [-0.39, 0.29) is 18.1 Å². The number of hydrogen-bond acceptors (Lipinski definition) is 3. The van der Waals surface area contributed by atoms with E-state index in [9.17, 15) is 14.7 Å². The molecule has 0 aliphatic heterocycles. The molecular formula is C13H16BrNO4. The fourth-order valence-corrected chi connectivity index (χ4v) is 2.08. The van der Waals surface area contributed by atoms with Crippen molar-refractivity contribution in [3.8, 4) is 5.75 Å². The molecule has 1 aromatic carbocycles. The third-order valence-corrected chi connectivity index (χ3v) is 3.47. The SMILES string of the molecule is CCN(C(=O)c1ccc(Br)c(O)c1)C(C)CC(=O)O. The van der Waals surface area contributed by atoms with Gasteiger partial charge in [-0.1, -0.05) is 0 Å². The standard InChI is InChI=1S/C13H16BrNO4/c1-3-15(8(2)6-12(17)18)13(19)9-4-5-10(14)11(16)7-9/h4-5,7-8,16H,3,6H2,1-2H3,(H,17,18). The number of carboxylic acids is 1. The Morgan fingerprint density at radius 3 is 2.53 bits per heavy atom. The molecule has 0 fully saturated rings. The van der Waals surface area contributed by atoms with E-state index in [0.29, 0.717) is 16.6 Å². The highest BCUT2D eigenvalue weighted by Crippen LogP contribution is 2.25. The van der Waals surface area contributed by atoms with Gasteiger partial charge in [-0.2, -0.15) is 0 Å². The summed E-state index contributed by atoms with van der Waals surface area (Å²) in [6.07, 6.45) is -0.109. The largest absolute Gasteiger partial charge is 0.507 e. The molecule has 0 saturated heterocycles. The van der Waals surface area contributed by atoms with E-state index in [1.807, 2.05) is 0 Å². The number of rotatable bonds is 5. The van der Waals surface area contributed by atoms with E-state index in [2.05, 4.69) is 15.9 Å². The van der Waals surface area contributed by atoms with E-state index in [1.54, 1.807) is 26.0 Å². The van der Waals surface area contributed by atoms with Crippen LogP contribution in [0.5, 0.6) is 5.75 Å². The summed E-state index contributed by atoms with van der Waals surface area (Å²) in [5.41, 5.74) is 0.333. The number of phenols is 1. The van der Waals surface area contributed by atoms with E-state index in [0.717, 1.165) is 0 Å². The quantitative estimate of drug-likeness (QED) is 0.869. The molecule has 6 heteroatoms. The van der Waals surface area contributed by atoms with Crippen molar-refractivity contribution in [2.45, 2.75) is 26.3 Å². The molecule has 0 spiro atoms. The number of nitrogens with zero attached hydrogens (tertiary/aromatic N) is 1. The molecule has 0 bridgehead atoms. The highest BCUT2D eigenvalue weighted by molar-refractivity contribution is 9.10. The number of halogens is 1. The van der Waals surface area contributed by atoms with Gasteiger partial charge in [-0.05, 0) is 48.0 Å². The van der Waals surface area contributed by atoms with Crippen molar-refractivity contribution in [3.63, 3.8) is 0 Å². The fourth-order valence-electron chi connectivity index (χ4n) is 1.83. The lowest BCUT2D eigenvalue weighted by atomic mass is 10.1. The molecule has 1 rings (SSSR count). The Morgan fingerprint density at radius 1 is 1.42 bits per heavy atom. The predicted octanol–water partition coefficient (Wildman–Crippen LogP) is 2.48. The summed E-state index contributed by atoms with van der Waals surface area (Å²) in [5.74, 6) is -1.26. The zero-order chi connectivity index (χ0) is 14.6. The Morgan fingerprint density at radius 2 is 2.05 bits per heavy atom. The van der Waals surface area contributed by atoms with Gasteiger partial charge in [-0.3, -0.25) is 9.59 Å². The van der Waals surface area contributed by atoms with E-state index in [1.165, 1.54) is 11.0 Å². The first-order valence-corrected chi connectivity index (χ1v) is 6.67. The first-order valence-electron chi connectivity index (χ1n) is 5.88. The van der Waals surface area contributed by atoms with Gasteiger partial charge in [0.05, 0.1) is 10.9 Å². The maximum Gasteiger partial charge on any atom is 0.305 e. The topological polar surface area (TPSA) is 77.8 Å². The van der Waals surface area contributed by atoms with Gasteiger partial charge in [0.2, 0.25) is 0 Å². The molecule has 104 valence electrons. The minimum atomic E-state index is -0.947. The molecule has 1 amide bonds. The number of carbonyl (C=O) groups excluding carboxylic acids is 1. The Labute approximate surface area is 120 Å². The highest BCUT2D eigenvalue weighted by atomic mass is 79.9. The van der Waals surface area contributed by atoms with Crippen LogP contribution < -0.4 is 0 Å². The van der Waals surface area contributed by atoms with Crippen molar-refractivity contribution in [1.29, 1.82) is 0 Å². The van der Waals surface area contributed by atoms with Gasteiger partial charge < -0.3 is 15.1 Å². The average molecular weight is 330 g/mol. The van der Waals surface area contributed by atoms with Crippen molar-refractivity contribution in [2.75, 3.05) is 6.54 Å². The monoisotopic (exact) mass is 329 g/mol. The van der Waals surface area contributed by atoms with Crippen LogP contribution in [0.3, 0.4) is 0 Å². The van der Waals surface area contributed by atoms with Crippen molar-refractivity contribution in [3.05, 3.63) is 28.2 Å². The summed E-state index contributed by atoms with van der Waals surface area (Å²) in [6.45, 7) is 3.88. The molecule has 5 nitrogen and oxygen atoms in total. The van der Waals surface area contributed by atoms with Gasteiger partial charge in [0.15, 0.2) is 0 Å². The number of carbonyl (C=O) groups is 2. The van der Waals surface area contributed by atoms with Crippen LogP contribution in [0.15, 0.2) is 22.7 Å². The number of carboxylic acid groups (broad SMARTS) is 1. The Bertz CT molecular complexity index is 490. The minimum Gasteiger partial charge on any atom is -0.507 e. The second-order valence-electron chi connectivity index (χ2n) is 4.20. The maximum atomic E-state index is 12.3. The molecule has 1 aromatic rings. The van der Waals surface area contributed by atoms with E-state index in [4.69, 9.17) is 5.11 Å². The smallest absolute Gasteiger partial charge is 0.305 e. The number of aromatic hydroxyl groups is 1. The summed E-state index contributed by atoms with van der Waals surface area (Å²) in [5, 5.41) is 18.4. The summed E-state index contributed by atoms with van der Waals surface area (Å²) >= 11 is 3.14. The van der Waals surface area contributed by atoms with Crippen LogP contribution in [0.2, 0.25) is 0 Å². The molecule has 19 heavy (non-hydrogen) atoms. The van der Waals surface area contributed by atoms with Gasteiger partial charge in [-0.15, -0.1) is 0 Å². The van der Waals surface area contributed by atoms with E-state index >= 15 is 0 Å². The molecule has 1 unspecified atom stereocenters. The van der Waals surface area contributed by atoms with Gasteiger partial charge in [0.25, 0.3) is 5.91 Å². The third-order valence-electron chi connectivity index (χ3n) is 2.80. The Kier molecular flexibility index (Phi) is 5.35. The molecular weight excluding hydrogens is 314 g/mol. The van der Waals surface area contributed by atoms with Crippen molar-refractivity contribution in [1.82, 2.24) is 4.90 Å². The van der Waals surface area contributed by atoms with Crippen LogP contribution in [0, 0.1) is 0 Å². The average Bonchev–Trinajstić information content (AvgIpc) is 2.32. The Balaban J connectivity index is 2.94. The summed E-state index contributed by atoms with van der Waals surface area (Å²) in [7, 11) is 0. The molecule has 2 N–H and O–H groups in total. The van der Waals surface area contributed by atoms with Crippen molar-refractivity contribution in [2.24, 2.45) is 0 Å². The maximum absolute atomic E-state index is 12.3. The zero-order valence-electron chi connectivity index (χ0n) is 10.8. The minimum absolute atomic E-state index is 0.0206. The molecule has 0 radical (unpaired) electrons. The van der Waals surface area contributed by atoms with Gasteiger partial charge in [0.1, 0.15) is 5.75 Å². The van der Waals surface area contributed by atoms with Crippen molar-refractivity contribution < 1.29 is 19.8 Å². The molecule has 0 saturated carbocycles. The summed E-state index contributed by atoms with van der Waals surface area (Å²) in [4.78, 5) is 24.4. The van der Waals surface area contributed by atoms with Crippen LogP contribution in [0.1, 0.15) is 30.6 Å². The van der Waals surface area contributed by atoms with Crippen molar-refractivity contribution >= 4 is 27.8 Å². The second kappa shape index (κ2) is 6.56. The number of aliphatic carboxylic acids is 1. The van der Waals surface area contributed by atoms with Crippen LogP contribution in [0.25, 0.3) is 0 Å². The highest BCUT2D eigenvalue weighted by Gasteiger charge is 2.22. The number of benzene rings is 1. The Hall–Kier alpha value is -1.56. The molecule has 1 atom stereocenters. The van der Waals surface area contributed by atoms with Gasteiger partial charge in [0, 0.05) is 18.2 Å². The zero-order valence-corrected chi connectivity index (χ0v) is 12.3. The number of hydrogen-bond donors (Lipinski definition) is 2. The number of amides is 1. The number of phenolic OH excluding ortho intramolecular Hbond substituents is 1. The lowest BCUT2D eigenvalue weighted by molar-refractivity contribution is -0.138. The summed E-state index contributed by atoms with van der Waals surface area (Å²) < 4.78 is 0.505. The first-order chi connectivity index (χ1) is 8.86. The second-order valence-corrected chi connectivity index (χ2v) is 5.06. The third kappa shape index (κ3) is 3.96. The molecule has 0 heterocycles. The van der Waals surface area contributed by atoms with Crippen LogP contribution in [-0.4, -0.2) is 39.6 Å². The van der Waals surface area contributed by atoms with Crippen LogP contribution in [-0.2, 0) is 4.79 Å². The van der Waals surface area contributed by atoms with E-state index < -0.39 is 12.0 Å². The first kappa shape index (κ1) is 15.5. The fraction of sp³-hybridized carbons (Fsp3) is 0.385. The normalized spacial score (nSPS) is 11.9. The molecule has 0 aliphatic rings. The molecule has 0 aliphatic carbocycles. The summed E-state index contributed by atoms with van der Waals surface area (Å²) in [6, 6.07) is 4.13. The van der Waals surface area contributed by atoms with Crippen LogP contribution >= 0.6 is 15.9 Å². The van der Waals surface area contributed by atoms with Crippen LogP contribution in [0.4, 0.5) is 0 Å². The molecule has 0 aromatic heterocycles. The predicted molar refractivity (Wildman–Crippen MR) is 74.2 cm³/mol. The van der Waals surface area contributed by atoms with Gasteiger partial charge in [-0.25, -0.2) is 0 Å². The lowest BCUT2D eigenvalue weighted by Crippen LogP contribution is -2.39. The van der Waals surface area contributed by atoms with Gasteiger partial charge >= 0.3 is 5.97 Å².